The van der Waals surface area contributed by atoms with E-state index in [4.69, 9.17) is 0 Å². The van der Waals surface area contributed by atoms with E-state index in [9.17, 15) is 9.90 Å². The summed E-state index contributed by atoms with van der Waals surface area (Å²) in [5.41, 5.74) is -0.191. The summed E-state index contributed by atoms with van der Waals surface area (Å²) in [4.78, 5) is 13.6. The van der Waals surface area contributed by atoms with Crippen LogP contribution in [0.25, 0.3) is 0 Å². The van der Waals surface area contributed by atoms with Crippen LogP contribution in [0.15, 0.2) is 30.3 Å². The Hall–Kier alpha value is -1.35. The van der Waals surface area contributed by atoms with Gasteiger partial charge in [-0.1, -0.05) is 36.8 Å². The number of rotatable bonds is 3. The van der Waals surface area contributed by atoms with Crippen molar-refractivity contribution in [3.63, 3.8) is 0 Å². The number of nitrogens with zero attached hydrogens (tertiary/aromatic N) is 1. The number of piperidine rings is 1. The molecule has 0 bridgehead atoms. The molecule has 92 valence electrons. The van der Waals surface area contributed by atoms with Crippen molar-refractivity contribution < 1.29 is 9.90 Å². The van der Waals surface area contributed by atoms with E-state index in [-0.39, 0.29) is 0 Å². The average Bonchev–Trinajstić information content (AvgIpc) is 2.39. The molecule has 0 unspecified atom stereocenters. The normalized spacial score (nSPS) is 20.8. The largest absolute Gasteiger partial charge is 0.548 e. The molecule has 1 fully saturated rings. The average molecular weight is 232 g/mol. The highest BCUT2D eigenvalue weighted by Crippen LogP contribution is 2.30. The molecule has 0 spiro atoms. The fourth-order valence-corrected chi connectivity index (χ4v) is 2.53. The van der Waals surface area contributed by atoms with Gasteiger partial charge in [-0.3, -0.25) is 4.90 Å². The Labute approximate surface area is 102 Å². The number of aliphatic carboxylic acids is 1. The zero-order valence-corrected chi connectivity index (χ0v) is 10.2. The first kappa shape index (κ1) is 12.1. The number of benzene rings is 1. The SMILES string of the molecule is C[C@](C(=O)[O-])(c1ccccc1)N1CCCCC1. The summed E-state index contributed by atoms with van der Waals surface area (Å²) in [5.74, 6) is -1.01. The molecule has 2 rings (SSSR count). The summed E-state index contributed by atoms with van der Waals surface area (Å²) in [7, 11) is 0. The molecule has 0 aromatic heterocycles. The van der Waals surface area contributed by atoms with E-state index in [0.717, 1.165) is 31.5 Å². The highest BCUT2D eigenvalue weighted by molar-refractivity contribution is 5.78. The van der Waals surface area contributed by atoms with E-state index in [0.29, 0.717) is 0 Å². The molecule has 0 N–H and O–H groups in total. The van der Waals surface area contributed by atoms with Crippen molar-refractivity contribution in [1.82, 2.24) is 4.90 Å². The van der Waals surface area contributed by atoms with E-state index in [1.54, 1.807) is 6.92 Å². The minimum Gasteiger partial charge on any atom is -0.548 e. The Balaban J connectivity index is 2.35. The Kier molecular flexibility index (Phi) is 3.48. The topological polar surface area (TPSA) is 43.4 Å². The second-order valence-electron chi connectivity index (χ2n) is 4.77. The predicted octanol–water partition coefficient (Wildman–Crippen LogP) is 1.14. The van der Waals surface area contributed by atoms with Gasteiger partial charge in [0.2, 0.25) is 0 Å². The summed E-state index contributed by atoms with van der Waals surface area (Å²) in [6.45, 7) is 3.42. The number of carbonyl (C=O) groups excluding carboxylic acids is 1. The van der Waals surface area contributed by atoms with Crippen molar-refractivity contribution in [2.45, 2.75) is 31.7 Å². The second kappa shape index (κ2) is 4.88. The van der Waals surface area contributed by atoms with Gasteiger partial charge in [-0.05, 0) is 38.4 Å². The number of carboxylic acid groups (broad SMARTS) is 1. The van der Waals surface area contributed by atoms with Gasteiger partial charge in [0.15, 0.2) is 0 Å². The van der Waals surface area contributed by atoms with Gasteiger partial charge in [0.1, 0.15) is 0 Å². The van der Waals surface area contributed by atoms with Crippen molar-refractivity contribution in [1.29, 1.82) is 0 Å². The first-order valence-electron chi connectivity index (χ1n) is 6.17. The van der Waals surface area contributed by atoms with Gasteiger partial charge < -0.3 is 9.90 Å². The van der Waals surface area contributed by atoms with Crippen LogP contribution in [-0.4, -0.2) is 24.0 Å². The van der Waals surface area contributed by atoms with Crippen molar-refractivity contribution in [2.75, 3.05) is 13.1 Å². The van der Waals surface area contributed by atoms with E-state index in [1.165, 1.54) is 6.42 Å². The van der Waals surface area contributed by atoms with E-state index < -0.39 is 11.5 Å². The Bertz CT molecular complexity index is 384. The van der Waals surface area contributed by atoms with Gasteiger partial charge in [0, 0.05) is 0 Å². The molecule has 1 aromatic rings. The zero-order valence-electron chi connectivity index (χ0n) is 10.2. The minimum absolute atomic E-state index is 0.807. The van der Waals surface area contributed by atoms with Crippen molar-refractivity contribution in [2.24, 2.45) is 0 Å². The van der Waals surface area contributed by atoms with Crippen LogP contribution in [-0.2, 0) is 10.3 Å². The van der Waals surface area contributed by atoms with Gasteiger partial charge in [0.05, 0.1) is 11.5 Å². The third-order valence-electron chi connectivity index (χ3n) is 3.72. The van der Waals surface area contributed by atoms with Gasteiger partial charge in [0.25, 0.3) is 0 Å². The highest BCUT2D eigenvalue weighted by atomic mass is 16.4. The van der Waals surface area contributed by atoms with Gasteiger partial charge in [-0.2, -0.15) is 0 Å². The van der Waals surface area contributed by atoms with Crippen molar-refractivity contribution in [3.05, 3.63) is 35.9 Å². The maximum Gasteiger partial charge on any atom is 0.0833 e. The molecular weight excluding hydrogens is 214 g/mol. The van der Waals surface area contributed by atoms with Gasteiger partial charge in [-0.15, -0.1) is 0 Å². The summed E-state index contributed by atoms with van der Waals surface area (Å²) >= 11 is 0. The zero-order chi connectivity index (χ0) is 12.3. The standard InChI is InChI=1S/C14H19NO2/c1-14(13(16)17,12-8-4-2-5-9-12)15-10-6-3-7-11-15/h2,4-5,8-9H,3,6-7,10-11H2,1H3,(H,16,17)/p-1/t14-/m1/s1. The quantitative estimate of drug-likeness (QED) is 0.785. The van der Waals surface area contributed by atoms with E-state index >= 15 is 0 Å². The van der Waals surface area contributed by atoms with Crippen LogP contribution in [0.5, 0.6) is 0 Å². The molecule has 0 saturated carbocycles. The maximum atomic E-state index is 11.6. The Morgan fingerprint density at radius 3 is 2.29 bits per heavy atom. The predicted molar refractivity (Wildman–Crippen MR) is 64.2 cm³/mol. The van der Waals surface area contributed by atoms with Crippen LogP contribution in [0.1, 0.15) is 31.7 Å². The highest BCUT2D eigenvalue weighted by Gasteiger charge is 2.35. The molecule has 1 atom stereocenters. The number of hydrogen-bond donors (Lipinski definition) is 0. The fourth-order valence-electron chi connectivity index (χ4n) is 2.53. The molecule has 1 aliphatic rings. The van der Waals surface area contributed by atoms with Gasteiger partial charge in [-0.25, -0.2) is 0 Å². The Morgan fingerprint density at radius 2 is 1.76 bits per heavy atom. The molecule has 1 heterocycles. The van der Waals surface area contributed by atoms with Crippen molar-refractivity contribution >= 4 is 5.97 Å². The van der Waals surface area contributed by atoms with Crippen LogP contribution in [0.3, 0.4) is 0 Å². The second-order valence-corrected chi connectivity index (χ2v) is 4.77. The molecule has 1 aromatic carbocycles. The first-order valence-corrected chi connectivity index (χ1v) is 6.17. The van der Waals surface area contributed by atoms with Crippen molar-refractivity contribution in [3.8, 4) is 0 Å². The lowest BCUT2D eigenvalue weighted by Gasteiger charge is -2.44. The first-order chi connectivity index (χ1) is 8.15. The van der Waals surface area contributed by atoms with Crippen LogP contribution in [0.4, 0.5) is 0 Å². The lowest BCUT2D eigenvalue weighted by atomic mass is 9.88. The lowest BCUT2D eigenvalue weighted by molar-refractivity contribution is -0.320. The number of likely N-dealkylation sites (tertiary alicyclic amines) is 1. The maximum absolute atomic E-state index is 11.6. The molecule has 0 amide bonds. The minimum atomic E-state index is -1.01. The molecule has 3 heteroatoms. The van der Waals surface area contributed by atoms with Crippen LogP contribution in [0.2, 0.25) is 0 Å². The third-order valence-corrected chi connectivity index (χ3v) is 3.72. The molecule has 0 radical (unpaired) electrons. The number of carboxylic acids is 1. The fraction of sp³-hybridized carbons (Fsp3) is 0.500. The van der Waals surface area contributed by atoms with Gasteiger partial charge >= 0.3 is 0 Å². The van der Waals surface area contributed by atoms with Crippen LogP contribution >= 0.6 is 0 Å². The lowest BCUT2D eigenvalue weighted by Crippen LogP contribution is -2.57. The smallest absolute Gasteiger partial charge is 0.0833 e. The molecular formula is C14H18NO2-. The summed E-state index contributed by atoms with van der Waals surface area (Å²) in [5, 5.41) is 11.6. The van der Waals surface area contributed by atoms with Crippen LogP contribution in [0, 0.1) is 0 Å². The van der Waals surface area contributed by atoms with Crippen LogP contribution < -0.4 is 5.11 Å². The summed E-state index contributed by atoms with van der Waals surface area (Å²) in [6.07, 6.45) is 3.32. The van der Waals surface area contributed by atoms with E-state index in [1.807, 2.05) is 35.2 Å². The molecule has 17 heavy (non-hydrogen) atoms. The summed E-state index contributed by atoms with van der Waals surface area (Å²) < 4.78 is 0. The summed E-state index contributed by atoms with van der Waals surface area (Å²) in [6, 6.07) is 9.38. The molecule has 1 saturated heterocycles. The third kappa shape index (κ3) is 2.20. The molecule has 0 aliphatic carbocycles. The molecule has 1 aliphatic heterocycles. The number of hydrogen-bond acceptors (Lipinski definition) is 3. The van der Waals surface area contributed by atoms with E-state index in [2.05, 4.69) is 0 Å². The molecule has 3 nitrogen and oxygen atoms in total. The Morgan fingerprint density at radius 1 is 1.18 bits per heavy atom. The monoisotopic (exact) mass is 232 g/mol. The number of carbonyl (C=O) groups is 1.